The van der Waals surface area contributed by atoms with Crippen molar-refractivity contribution >= 4 is 23.1 Å². The normalized spacial score (nSPS) is 11.0. The fourth-order valence-corrected chi connectivity index (χ4v) is 2.85. The van der Waals surface area contributed by atoms with Crippen LogP contribution in [0.5, 0.6) is 17.2 Å². The Morgan fingerprint density at radius 3 is 2.36 bits per heavy atom. The average molecular weight is 335 g/mol. The molecular formula is C21H21NO3. The molecule has 0 amide bonds. The lowest BCUT2D eigenvalue weighted by atomic mass is 10.1. The van der Waals surface area contributed by atoms with Crippen LogP contribution in [0.15, 0.2) is 42.5 Å². The number of hydrogen-bond donors (Lipinski definition) is 0. The summed E-state index contributed by atoms with van der Waals surface area (Å²) in [6.07, 6.45) is 3.99. The van der Waals surface area contributed by atoms with Gasteiger partial charge in [0.2, 0.25) is 0 Å². The number of pyridine rings is 1. The van der Waals surface area contributed by atoms with Crippen molar-refractivity contribution in [1.29, 1.82) is 0 Å². The second-order valence-corrected chi connectivity index (χ2v) is 5.67. The van der Waals surface area contributed by atoms with Gasteiger partial charge in [0.05, 0.1) is 27.0 Å². The van der Waals surface area contributed by atoms with Gasteiger partial charge in [-0.25, -0.2) is 4.98 Å². The SMILES string of the molecule is COc1cc(/C=C/c2ccc3cccc(OC)c3n2)cc(C)c1OC. The van der Waals surface area contributed by atoms with Gasteiger partial charge in [0.1, 0.15) is 11.3 Å². The van der Waals surface area contributed by atoms with E-state index in [1.807, 2.05) is 55.5 Å². The van der Waals surface area contributed by atoms with Gasteiger partial charge in [0.15, 0.2) is 11.5 Å². The molecule has 1 heterocycles. The van der Waals surface area contributed by atoms with Crippen molar-refractivity contribution in [3.05, 3.63) is 59.3 Å². The minimum atomic E-state index is 0.718. The number of ether oxygens (including phenoxy) is 3. The van der Waals surface area contributed by atoms with E-state index in [1.165, 1.54) is 0 Å². The number of aryl methyl sites for hydroxylation is 1. The molecule has 3 aromatic rings. The van der Waals surface area contributed by atoms with Crippen LogP contribution >= 0.6 is 0 Å². The summed E-state index contributed by atoms with van der Waals surface area (Å²) in [5.41, 5.74) is 3.77. The van der Waals surface area contributed by atoms with Crippen LogP contribution in [0, 0.1) is 6.92 Å². The van der Waals surface area contributed by atoms with Crippen molar-refractivity contribution in [3.63, 3.8) is 0 Å². The fourth-order valence-electron chi connectivity index (χ4n) is 2.85. The number of benzene rings is 2. The van der Waals surface area contributed by atoms with Crippen molar-refractivity contribution < 1.29 is 14.2 Å². The molecule has 0 saturated heterocycles. The average Bonchev–Trinajstić information content (AvgIpc) is 2.65. The highest BCUT2D eigenvalue weighted by molar-refractivity contribution is 5.86. The Balaban J connectivity index is 1.97. The van der Waals surface area contributed by atoms with Gasteiger partial charge >= 0.3 is 0 Å². The smallest absolute Gasteiger partial charge is 0.163 e. The van der Waals surface area contributed by atoms with Gasteiger partial charge in [-0.2, -0.15) is 0 Å². The maximum atomic E-state index is 5.41. The van der Waals surface area contributed by atoms with E-state index in [2.05, 4.69) is 6.07 Å². The van der Waals surface area contributed by atoms with Crippen LogP contribution in [0.2, 0.25) is 0 Å². The molecule has 0 aliphatic heterocycles. The zero-order chi connectivity index (χ0) is 17.8. The van der Waals surface area contributed by atoms with Crippen LogP contribution in [0.1, 0.15) is 16.8 Å². The molecule has 0 saturated carbocycles. The Hall–Kier alpha value is -3.01. The van der Waals surface area contributed by atoms with Gasteiger partial charge in [-0.3, -0.25) is 0 Å². The minimum absolute atomic E-state index is 0.718. The van der Waals surface area contributed by atoms with E-state index >= 15 is 0 Å². The molecule has 0 fully saturated rings. The third-order valence-electron chi connectivity index (χ3n) is 4.06. The number of hydrogen-bond acceptors (Lipinski definition) is 4. The van der Waals surface area contributed by atoms with E-state index in [1.54, 1.807) is 21.3 Å². The van der Waals surface area contributed by atoms with E-state index in [0.717, 1.165) is 45.0 Å². The third kappa shape index (κ3) is 3.43. The Morgan fingerprint density at radius 2 is 1.64 bits per heavy atom. The van der Waals surface area contributed by atoms with E-state index in [0.29, 0.717) is 0 Å². The monoisotopic (exact) mass is 335 g/mol. The molecule has 0 aliphatic carbocycles. The Bertz CT molecular complexity index is 932. The summed E-state index contributed by atoms with van der Waals surface area (Å²) in [7, 11) is 4.94. The van der Waals surface area contributed by atoms with Crippen LogP contribution in [-0.2, 0) is 0 Å². The van der Waals surface area contributed by atoms with Crippen LogP contribution < -0.4 is 14.2 Å². The fraction of sp³-hybridized carbons (Fsp3) is 0.190. The Kier molecular flexibility index (Phi) is 4.89. The molecule has 0 N–H and O–H groups in total. The summed E-state index contributed by atoms with van der Waals surface area (Å²) in [6.45, 7) is 2.00. The molecule has 1 aromatic heterocycles. The zero-order valence-corrected chi connectivity index (χ0v) is 14.9. The standard InChI is InChI=1S/C21H21NO3/c1-14-12-15(13-19(24-3)21(14)25-4)8-10-17-11-9-16-6-5-7-18(23-2)20(16)22-17/h5-13H,1-4H3/b10-8+. The highest BCUT2D eigenvalue weighted by Crippen LogP contribution is 2.32. The number of aromatic nitrogens is 1. The van der Waals surface area contributed by atoms with Crippen molar-refractivity contribution in [1.82, 2.24) is 4.98 Å². The highest BCUT2D eigenvalue weighted by atomic mass is 16.5. The van der Waals surface area contributed by atoms with Crippen molar-refractivity contribution in [2.75, 3.05) is 21.3 Å². The number of fused-ring (bicyclic) bond motifs is 1. The van der Waals surface area contributed by atoms with Gasteiger partial charge in [0, 0.05) is 5.39 Å². The van der Waals surface area contributed by atoms with Gasteiger partial charge < -0.3 is 14.2 Å². The highest BCUT2D eigenvalue weighted by Gasteiger charge is 2.08. The molecule has 0 unspecified atom stereocenters. The molecule has 0 spiro atoms. The molecule has 2 aromatic carbocycles. The molecule has 0 aliphatic rings. The first-order valence-corrected chi connectivity index (χ1v) is 8.00. The van der Waals surface area contributed by atoms with Crippen LogP contribution in [-0.4, -0.2) is 26.3 Å². The summed E-state index contributed by atoms with van der Waals surface area (Å²) >= 11 is 0. The Morgan fingerprint density at radius 1 is 0.840 bits per heavy atom. The number of rotatable bonds is 5. The maximum absolute atomic E-state index is 5.41. The molecule has 4 heteroatoms. The zero-order valence-electron chi connectivity index (χ0n) is 14.9. The van der Waals surface area contributed by atoms with Crippen molar-refractivity contribution in [3.8, 4) is 17.2 Å². The van der Waals surface area contributed by atoms with Crippen molar-refractivity contribution in [2.24, 2.45) is 0 Å². The van der Waals surface area contributed by atoms with E-state index < -0.39 is 0 Å². The lowest BCUT2D eigenvalue weighted by Gasteiger charge is -2.11. The molecule has 3 rings (SSSR count). The number of para-hydroxylation sites is 1. The molecular weight excluding hydrogens is 314 g/mol. The number of nitrogens with zero attached hydrogens (tertiary/aromatic N) is 1. The predicted octanol–water partition coefficient (Wildman–Crippen LogP) is 4.74. The molecule has 0 radical (unpaired) electrons. The van der Waals surface area contributed by atoms with Gasteiger partial charge in [-0.15, -0.1) is 0 Å². The quantitative estimate of drug-likeness (QED) is 0.675. The molecule has 25 heavy (non-hydrogen) atoms. The van der Waals surface area contributed by atoms with Gasteiger partial charge in [0.25, 0.3) is 0 Å². The first-order valence-electron chi connectivity index (χ1n) is 8.00. The van der Waals surface area contributed by atoms with Crippen LogP contribution in [0.4, 0.5) is 0 Å². The Labute approximate surface area is 147 Å². The second-order valence-electron chi connectivity index (χ2n) is 5.67. The minimum Gasteiger partial charge on any atom is -0.494 e. The second kappa shape index (κ2) is 7.26. The molecule has 0 atom stereocenters. The molecule has 128 valence electrons. The van der Waals surface area contributed by atoms with E-state index in [9.17, 15) is 0 Å². The summed E-state index contributed by atoms with van der Waals surface area (Å²) in [4.78, 5) is 4.69. The predicted molar refractivity (Wildman–Crippen MR) is 102 cm³/mol. The largest absolute Gasteiger partial charge is 0.494 e. The topological polar surface area (TPSA) is 40.6 Å². The summed E-state index contributed by atoms with van der Waals surface area (Å²) in [5, 5.41) is 1.05. The summed E-state index contributed by atoms with van der Waals surface area (Å²) in [5.74, 6) is 2.25. The van der Waals surface area contributed by atoms with Gasteiger partial charge in [-0.05, 0) is 48.4 Å². The first kappa shape index (κ1) is 16.8. The van der Waals surface area contributed by atoms with Gasteiger partial charge in [-0.1, -0.05) is 24.3 Å². The summed E-state index contributed by atoms with van der Waals surface area (Å²) < 4.78 is 16.2. The lowest BCUT2D eigenvalue weighted by Crippen LogP contribution is -1.94. The van der Waals surface area contributed by atoms with E-state index in [-0.39, 0.29) is 0 Å². The van der Waals surface area contributed by atoms with Crippen LogP contribution in [0.3, 0.4) is 0 Å². The molecule has 4 nitrogen and oxygen atoms in total. The first-order chi connectivity index (χ1) is 12.2. The third-order valence-corrected chi connectivity index (χ3v) is 4.06. The van der Waals surface area contributed by atoms with Crippen molar-refractivity contribution in [2.45, 2.75) is 6.92 Å². The lowest BCUT2D eigenvalue weighted by molar-refractivity contribution is 0.353. The van der Waals surface area contributed by atoms with Crippen LogP contribution in [0.25, 0.3) is 23.1 Å². The van der Waals surface area contributed by atoms with E-state index in [4.69, 9.17) is 19.2 Å². The number of methoxy groups -OCH3 is 3. The maximum Gasteiger partial charge on any atom is 0.163 e. The summed E-state index contributed by atoms with van der Waals surface area (Å²) in [6, 6.07) is 13.9. The molecule has 0 bridgehead atoms.